The number of halogens is 3. The Labute approximate surface area is 169 Å². The molecule has 0 radical (unpaired) electrons. The maximum Gasteiger partial charge on any atom is 0.258 e. The average Bonchev–Trinajstić information content (AvgIpc) is 3.28. The van der Waals surface area contributed by atoms with Crippen molar-refractivity contribution in [2.24, 2.45) is 0 Å². The van der Waals surface area contributed by atoms with Gasteiger partial charge in [0.1, 0.15) is 23.2 Å². The number of hydrogen-bond donors (Lipinski definition) is 1. The van der Waals surface area contributed by atoms with Crippen LogP contribution in [0.3, 0.4) is 0 Å². The van der Waals surface area contributed by atoms with Gasteiger partial charge >= 0.3 is 0 Å². The highest BCUT2D eigenvalue weighted by Gasteiger charge is 2.19. The first kappa shape index (κ1) is 19.9. The van der Waals surface area contributed by atoms with Crippen LogP contribution >= 0.6 is 0 Å². The van der Waals surface area contributed by atoms with Crippen LogP contribution < -0.4 is 10.1 Å². The van der Waals surface area contributed by atoms with E-state index in [4.69, 9.17) is 4.74 Å². The number of alkyl halides is 3. The Morgan fingerprint density at radius 3 is 2.73 bits per heavy atom. The van der Waals surface area contributed by atoms with E-state index in [-0.39, 0.29) is 12.5 Å². The van der Waals surface area contributed by atoms with Gasteiger partial charge < -0.3 is 10.1 Å². The molecule has 8 nitrogen and oxygen atoms in total. The molecule has 11 heteroatoms. The summed E-state index contributed by atoms with van der Waals surface area (Å²) in [7, 11) is 1.48. The molecule has 3 heterocycles. The van der Waals surface area contributed by atoms with E-state index >= 15 is 0 Å². The predicted octanol–water partition coefficient (Wildman–Crippen LogP) is 3.57. The molecule has 0 amide bonds. The molecular formula is C19H20F3N7O. The normalized spacial score (nSPS) is 12.2. The van der Waals surface area contributed by atoms with Crippen molar-refractivity contribution in [3.63, 3.8) is 0 Å². The summed E-state index contributed by atoms with van der Waals surface area (Å²) in [5.74, 6) is 0.519. The Hall–Kier alpha value is -3.37. The fraction of sp³-hybridized carbons (Fsp3) is 0.368. The predicted molar refractivity (Wildman–Crippen MR) is 106 cm³/mol. The molecule has 0 atom stereocenters. The minimum Gasteiger partial charge on any atom is -0.479 e. The number of ether oxygens (including phenoxy) is 1. The van der Waals surface area contributed by atoms with Gasteiger partial charge in [0.15, 0.2) is 0 Å². The van der Waals surface area contributed by atoms with Crippen LogP contribution in [-0.4, -0.2) is 55.3 Å². The molecule has 0 unspecified atom stereocenters. The number of hydrogen-bond acceptors (Lipinski definition) is 6. The Balaban J connectivity index is 1.77. The lowest BCUT2D eigenvalue weighted by Gasteiger charge is -2.15. The molecule has 1 aromatic carbocycles. The summed E-state index contributed by atoms with van der Waals surface area (Å²) < 4.78 is 47.6. The second-order valence-corrected chi connectivity index (χ2v) is 7.41. The number of fused-ring (bicyclic) bond motifs is 2. The summed E-state index contributed by atoms with van der Waals surface area (Å²) in [6, 6.07) is 7.09. The molecule has 0 saturated carbocycles. The van der Waals surface area contributed by atoms with Crippen LogP contribution in [0.2, 0.25) is 0 Å². The average molecular weight is 419 g/mol. The van der Waals surface area contributed by atoms with Gasteiger partial charge in [0.25, 0.3) is 6.43 Å². The molecule has 4 rings (SSSR count). The summed E-state index contributed by atoms with van der Waals surface area (Å²) in [6.07, 6.45) is -0.818. The SMILES string of the molecule is COc1nc(NCC(C)(C)F)nn2ccc(-c3ccc4nnn(CC(F)F)c4c3)c12. The number of anilines is 1. The van der Waals surface area contributed by atoms with Crippen molar-refractivity contribution in [3.8, 4) is 17.0 Å². The molecule has 0 aliphatic carbocycles. The van der Waals surface area contributed by atoms with Crippen molar-refractivity contribution in [3.05, 3.63) is 30.5 Å². The van der Waals surface area contributed by atoms with E-state index in [0.29, 0.717) is 22.4 Å². The molecule has 158 valence electrons. The summed E-state index contributed by atoms with van der Waals surface area (Å²) in [4.78, 5) is 4.33. The summed E-state index contributed by atoms with van der Waals surface area (Å²) in [5.41, 5.74) is 1.67. The zero-order chi connectivity index (χ0) is 21.5. The van der Waals surface area contributed by atoms with Crippen LogP contribution in [0.5, 0.6) is 5.88 Å². The van der Waals surface area contributed by atoms with E-state index < -0.39 is 18.6 Å². The smallest absolute Gasteiger partial charge is 0.258 e. The van der Waals surface area contributed by atoms with Crippen LogP contribution in [0.15, 0.2) is 30.5 Å². The minimum absolute atomic E-state index is 0.0353. The van der Waals surface area contributed by atoms with Crippen molar-refractivity contribution in [2.75, 3.05) is 19.0 Å². The molecule has 0 fully saturated rings. The van der Waals surface area contributed by atoms with Crippen molar-refractivity contribution < 1.29 is 17.9 Å². The van der Waals surface area contributed by atoms with Gasteiger partial charge in [-0.1, -0.05) is 11.3 Å². The largest absolute Gasteiger partial charge is 0.479 e. The molecular weight excluding hydrogens is 399 g/mol. The lowest BCUT2D eigenvalue weighted by Crippen LogP contribution is -2.25. The Morgan fingerprint density at radius 2 is 2.03 bits per heavy atom. The van der Waals surface area contributed by atoms with Gasteiger partial charge in [-0.05, 0) is 37.6 Å². The van der Waals surface area contributed by atoms with Crippen molar-refractivity contribution in [1.29, 1.82) is 0 Å². The Morgan fingerprint density at radius 1 is 1.23 bits per heavy atom. The highest BCUT2D eigenvalue weighted by Crippen LogP contribution is 2.33. The van der Waals surface area contributed by atoms with Gasteiger partial charge in [-0.3, -0.25) is 0 Å². The number of methoxy groups -OCH3 is 1. The lowest BCUT2D eigenvalue weighted by molar-refractivity contribution is 0.122. The lowest BCUT2D eigenvalue weighted by atomic mass is 10.1. The third-order valence-electron chi connectivity index (χ3n) is 4.48. The van der Waals surface area contributed by atoms with Crippen LogP contribution in [0.1, 0.15) is 13.8 Å². The van der Waals surface area contributed by atoms with Crippen LogP contribution in [0, 0.1) is 0 Å². The van der Waals surface area contributed by atoms with E-state index in [2.05, 4.69) is 25.7 Å². The molecule has 0 bridgehead atoms. The van der Waals surface area contributed by atoms with Gasteiger partial charge in [-0.2, -0.15) is 4.98 Å². The van der Waals surface area contributed by atoms with E-state index in [9.17, 15) is 13.2 Å². The van der Waals surface area contributed by atoms with Crippen LogP contribution in [0.25, 0.3) is 27.7 Å². The zero-order valence-corrected chi connectivity index (χ0v) is 16.6. The highest BCUT2D eigenvalue weighted by molar-refractivity contribution is 5.89. The maximum absolute atomic E-state index is 13.8. The summed E-state index contributed by atoms with van der Waals surface area (Å²) >= 11 is 0. The van der Waals surface area contributed by atoms with Crippen molar-refractivity contribution >= 4 is 22.5 Å². The van der Waals surface area contributed by atoms with Gasteiger partial charge in [0.2, 0.25) is 11.8 Å². The van der Waals surface area contributed by atoms with Crippen LogP contribution in [-0.2, 0) is 6.54 Å². The molecule has 0 saturated heterocycles. The van der Waals surface area contributed by atoms with E-state index in [1.807, 2.05) is 12.1 Å². The molecule has 3 aromatic heterocycles. The monoisotopic (exact) mass is 419 g/mol. The number of benzene rings is 1. The number of rotatable bonds is 7. The topological polar surface area (TPSA) is 82.2 Å². The minimum atomic E-state index is -2.54. The molecule has 0 spiro atoms. The van der Waals surface area contributed by atoms with Gasteiger partial charge in [0.05, 0.1) is 19.2 Å². The molecule has 30 heavy (non-hydrogen) atoms. The standard InChI is InChI=1S/C19H20F3N7O/c1-19(2,22)10-23-18-24-17(30-3)16-12(6-7-28(16)26-18)11-4-5-13-14(8-11)29(27-25-13)9-15(20)21/h4-8,15H,9-10H2,1-3H3,(H,23,26). The number of nitrogens with zero attached hydrogens (tertiary/aromatic N) is 6. The molecule has 0 aliphatic heterocycles. The quantitative estimate of drug-likeness (QED) is 0.493. The molecule has 0 aliphatic rings. The maximum atomic E-state index is 13.8. The third kappa shape index (κ3) is 3.87. The second-order valence-electron chi connectivity index (χ2n) is 7.41. The highest BCUT2D eigenvalue weighted by atomic mass is 19.3. The van der Waals surface area contributed by atoms with E-state index in [1.165, 1.54) is 25.6 Å². The van der Waals surface area contributed by atoms with Gasteiger partial charge in [-0.15, -0.1) is 10.2 Å². The fourth-order valence-electron chi connectivity index (χ4n) is 3.13. The first-order chi connectivity index (χ1) is 14.2. The van der Waals surface area contributed by atoms with Gasteiger partial charge in [0, 0.05) is 11.8 Å². The number of nitrogens with one attached hydrogen (secondary N) is 1. The number of aromatic nitrogens is 6. The summed E-state index contributed by atoms with van der Waals surface area (Å²) in [5, 5.41) is 14.9. The second kappa shape index (κ2) is 7.47. The van der Waals surface area contributed by atoms with Crippen LogP contribution in [0.4, 0.5) is 19.1 Å². The van der Waals surface area contributed by atoms with Crippen molar-refractivity contribution in [1.82, 2.24) is 29.6 Å². The Kier molecular flexibility index (Phi) is 4.96. The van der Waals surface area contributed by atoms with E-state index in [1.54, 1.807) is 22.8 Å². The molecule has 4 aromatic rings. The van der Waals surface area contributed by atoms with E-state index in [0.717, 1.165) is 11.1 Å². The fourth-order valence-corrected chi connectivity index (χ4v) is 3.13. The zero-order valence-electron chi connectivity index (χ0n) is 16.6. The summed E-state index contributed by atoms with van der Waals surface area (Å²) in [6.45, 7) is 2.40. The Bertz CT molecular complexity index is 1200. The molecule has 1 N–H and O–H groups in total. The van der Waals surface area contributed by atoms with Crippen molar-refractivity contribution in [2.45, 2.75) is 32.5 Å². The van der Waals surface area contributed by atoms with Gasteiger partial charge in [-0.25, -0.2) is 22.4 Å². The first-order valence-corrected chi connectivity index (χ1v) is 9.23. The first-order valence-electron chi connectivity index (χ1n) is 9.23. The third-order valence-corrected chi connectivity index (χ3v) is 4.48.